The summed E-state index contributed by atoms with van der Waals surface area (Å²) in [6.45, 7) is 0. The van der Waals surface area contributed by atoms with Gasteiger partial charge in [0.05, 0.1) is 0 Å². The maximum absolute atomic E-state index is 10.4. The van der Waals surface area contributed by atoms with Crippen molar-refractivity contribution in [2.75, 3.05) is 0 Å². The largest absolute Gasteiger partial charge is 0.504 e. The molecule has 0 aromatic heterocycles. The molecule has 5 N–H and O–H groups in total. The zero-order valence-corrected chi connectivity index (χ0v) is 7.54. The molecular weight excluding hydrogens is 202 g/mol. The molecule has 0 aliphatic carbocycles. The Morgan fingerprint density at radius 3 is 2.60 bits per heavy atom. The highest BCUT2D eigenvalue weighted by Crippen LogP contribution is 2.38. The Labute approximate surface area is 84.8 Å². The third kappa shape index (κ3) is 2.38. The summed E-state index contributed by atoms with van der Waals surface area (Å²) < 4.78 is 0. The van der Waals surface area contributed by atoms with Crippen LogP contribution in [0, 0.1) is 0 Å². The molecule has 15 heavy (non-hydrogen) atoms. The maximum atomic E-state index is 10.4. The van der Waals surface area contributed by atoms with Crippen molar-refractivity contribution in [3.8, 4) is 17.2 Å². The fraction of sp³-hybridized carbons (Fsp3) is 0. The number of primary amides is 1. The molecule has 6 nitrogen and oxygen atoms in total. The fourth-order valence-electron chi connectivity index (χ4n) is 0.972. The Kier molecular flexibility index (Phi) is 3.14. The van der Waals surface area contributed by atoms with Crippen LogP contribution in [-0.2, 0) is 4.79 Å². The van der Waals surface area contributed by atoms with Crippen molar-refractivity contribution in [2.24, 2.45) is 5.73 Å². The van der Waals surface area contributed by atoms with E-state index in [-0.39, 0.29) is 5.56 Å². The highest BCUT2D eigenvalue weighted by atomic mass is 17.1. The summed E-state index contributed by atoms with van der Waals surface area (Å²) in [5.74, 6) is -2.09. The summed E-state index contributed by atoms with van der Waals surface area (Å²) in [6.07, 6.45) is 2.24. The van der Waals surface area contributed by atoms with Gasteiger partial charge in [0.2, 0.25) is 11.7 Å². The average Bonchev–Trinajstić information content (AvgIpc) is 2.17. The first-order chi connectivity index (χ1) is 7.06. The Morgan fingerprint density at radius 2 is 2.07 bits per heavy atom. The monoisotopic (exact) mass is 211 g/mol. The second-order valence-corrected chi connectivity index (χ2v) is 2.68. The number of benzene rings is 1. The van der Waals surface area contributed by atoms with Crippen LogP contribution in [0.2, 0.25) is 0 Å². The molecule has 0 aliphatic rings. The van der Waals surface area contributed by atoms with E-state index < -0.39 is 23.2 Å². The van der Waals surface area contributed by atoms with Gasteiger partial charge in [-0.1, -0.05) is 0 Å². The van der Waals surface area contributed by atoms with Crippen LogP contribution in [0.5, 0.6) is 17.2 Å². The lowest BCUT2D eigenvalue weighted by Gasteiger charge is -2.05. The Bertz CT molecular complexity index is 413. The molecule has 0 bridgehead atoms. The number of hydrogen-bond acceptors (Lipinski definition) is 5. The van der Waals surface area contributed by atoms with E-state index >= 15 is 0 Å². The minimum atomic E-state index is -0.686. The number of aromatic hydroxyl groups is 2. The molecule has 1 aromatic rings. The van der Waals surface area contributed by atoms with E-state index in [4.69, 9.17) is 16.1 Å². The first kappa shape index (κ1) is 10.9. The number of hydrogen-bond donors (Lipinski definition) is 4. The van der Waals surface area contributed by atoms with E-state index in [2.05, 4.69) is 4.89 Å². The van der Waals surface area contributed by atoms with Crippen molar-refractivity contribution in [2.45, 2.75) is 0 Å². The third-order valence-corrected chi connectivity index (χ3v) is 1.66. The molecule has 0 heterocycles. The number of carbonyl (C=O) groups is 1. The quantitative estimate of drug-likeness (QED) is 0.329. The maximum Gasteiger partial charge on any atom is 0.248 e. The predicted octanol–water partition coefficient (Wildman–Crippen LogP) is 0.448. The molecule has 0 saturated carbocycles. The first-order valence-corrected chi connectivity index (χ1v) is 3.90. The normalized spacial score (nSPS) is 10.5. The number of carbonyl (C=O) groups excluding carboxylic acids is 1. The van der Waals surface area contributed by atoms with Gasteiger partial charge in [0.25, 0.3) is 0 Å². The Morgan fingerprint density at radius 1 is 1.40 bits per heavy atom. The molecule has 0 radical (unpaired) electrons. The van der Waals surface area contributed by atoms with E-state index in [1.807, 2.05) is 0 Å². The Hall–Kier alpha value is -2.21. The molecule has 1 rings (SSSR count). The molecule has 0 fully saturated rings. The van der Waals surface area contributed by atoms with Crippen molar-refractivity contribution in [1.29, 1.82) is 0 Å². The standard InChI is InChI=1S/C9H9NO5/c10-7(12)4-2-5-1-3-6(11)9(15-14)8(5)13/h1-4,11,13-14H,(H2,10,12). The second kappa shape index (κ2) is 4.34. The van der Waals surface area contributed by atoms with Crippen LogP contribution in [0.3, 0.4) is 0 Å². The second-order valence-electron chi connectivity index (χ2n) is 2.68. The summed E-state index contributed by atoms with van der Waals surface area (Å²) in [7, 11) is 0. The van der Waals surface area contributed by atoms with E-state index in [9.17, 15) is 9.90 Å². The minimum absolute atomic E-state index is 0.177. The Balaban J connectivity index is 3.16. The molecule has 0 saturated heterocycles. The van der Waals surface area contributed by atoms with Crippen LogP contribution in [0.25, 0.3) is 6.08 Å². The molecule has 6 heteroatoms. The number of phenolic OH excluding ortho intramolecular Hbond substituents is 2. The van der Waals surface area contributed by atoms with Crippen molar-refractivity contribution in [3.63, 3.8) is 0 Å². The van der Waals surface area contributed by atoms with Gasteiger partial charge >= 0.3 is 0 Å². The molecule has 1 aromatic carbocycles. The van der Waals surface area contributed by atoms with Gasteiger partial charge in [-0.3, -0.25) is 4.79 Å². The summed E-state index contributed by atoms with van der Waals surface area (Å²) in [4.78, 5) is 14.2. The van der Waals surface area contributed by atoms with Gasteiger partial charge in [-0.2, -0.15) is 0 Å². The first-order valence-electron chi connectivity index (χ1n) is 3.90. The van der Waals surface area contributed by atoms with Gasteiger partial charge in [-0.25, -0.2) is 5.26 Å². The summed E-state index contributed by atoms with van der Waals surface area (Å²) in [5.41, 5.74) is 5.03. The van der Waals surface area contributed by atoms with Gasteiger partial charge in [-0.05, 0) is 18.2 Å². The molecule has 0 atom stereocenters. The molecule has 0 unspecified atom stereocenters. The summed E-state index contributed by atoms with van der Waals surface area (Å²) in [6, 6.07) is 2.51. The summed E-state index contributed by atoms with van der Waals surface area (Å²) >= 11 is 0. The van der Waals surface area contributed by atoms with Crippen LogP contribution in [0.4, 0.5) is 0 Å². The van der Waals surface area contributed by atoms with Crippen LogP contribution in [0.1, 0.15) is 5.56 Å². The molecular formula is C9H9NO5. The van der Waals surface area contributed by atoms with Crippen molar-refractivity contribution < 1.29 is 25.2 Å². The number of phenols is 2. The van der Waals surface area contributed by atoms with E-state index in [0.29, 0.717) is 0 Å². The van der Waals surface area contributed by atoms with E-state index in [1.54, 1.807) is 0 Å². The SMILES string of the molecule is NC(=O)C=Cc1ccc(O)c(OO)c1O. The zero-order chi connectivity index (χ0) is 11.4. The molecule has 0 spiro atoms. The van der Waals surface area contributed by atoms with Gasteiger partial charge in [-0.15, -0.1) is 0 Å². The average molecular weight is 211 g/mol. The highest BCUT2D eigenvalue weighted by Gasteiger charge is 2.12. The third-order valence-electron chi connectivity index (χ3n) is 1.66. The van der Waals surface area contributed by atoms with Crippen LogP contribution < -0.4 is 10.6 Å². The number of nitrogens with two attached hydrogens (primary N) is 1. The molecule has 80 valence electrons. The number of amides is 1. The predicted molar refractivity (Wildman–Crippen MR) is 51.3 cm³/mol. The van der Waals surface area contributed by atoms with Crippen LogP contribution in [-0.4, -0.2) is 21.4 Å². The smallest absolute Gasteiger partial charge is 0.248 e. The number of rotatable bonds is 3. The van der Waals surface area contributed by atoms with Gasteiger partial charge < -0.3 is 20.8 Å². The van der Waals surface area contributed by atoms with Crippen molar-refractivity contribution >= 4 is 12.0 Å². The van der Waals surface area contributed by atoms with Crippen molar-refractivity contribution in [1.82, 2.24) is 0 Å². The fourth-order valence-corrected chi connectivity index (χ4v) is 0.972. The van der Waals surface area contributed by atoms with Gasteiger partial charge in [0.1, 0.15) is 0 Å². The zero-order valence-electron chi connectivity index (χ0n) is 7.54. The lowest BCUT2D eigenvalue weighted by atomic mass is 10.1. The minimum Gasteiger partial charge on any atom is -0.504 e. The summed E-state index contributed by atoms with van der Waals surface area (Å²) in [5, 5.41) is 26.9. The van der Waals surface area contributed by atoms with Gasteiger partial charge in [0.15, 0.2) is 11.5 Å². The van der Waals surface area contributed by atoms with Crippen LogP contribution in [0.15, 0.2) is 18.2 Å². The van der Waals surface area contributed by atoms with E-state index in [0.717, 1.165) is 6.08 Å². The molecule has 1 amide bonds. The van der Waals surface area contributed by atoms with Gasteiger partial charge in [0, 0.05) is 11.6 Å². The topological polar surface area (TPSA) is 113 Å². The van der Waals surface area contributed by atoms with Crippen LogP contribution >= 0.6 is 0 Å². The highest BCUT2D eigenvalue weighted by molar-refractivity contribution is 5.90. The van der Waals surface area contributed by atoms with E-state index in [1.165, 1.54) is 18.2 Å². The van der Waals surface area contributed by atoms with Crippen molar-refractivity contribution in [3.05, 3.63) is 23.8 Å². The molecule has 0 aliphatic heterocycles. The lowest BCUT2D eigenvalue weighted by Crippen LogP contribution is -2.05. The lowest BCUT2D eigenvalue weighted by molar-refractivity contribution is -0.140.